The van der Waals surface area contributed by atoms with Crippen LogP contribution >= 0.6 is 0 Å². The lowest BCUT2D eigenvalue weighted by atomic mass is 10.1. The van der Waals surface area contributed by atoms with Gasteiger partial charge in [0.25, 0.3) is 0 Å². The normalized spacial score (nSPS) is 10.9. The van der Waals surface area contributed by atoms with Gasteiger partial charge in [0.2, 0.25) is 0 Å². The third kappa shape index (κ3) is 2.59. The van der Waals surface area contributed by atoms with Crippen LogP contribution in [0.3, 0.4) is 0 Å². The monoisotopic (exact) mass is 247 g/mol. The molecule has 4 heteroatoms. The molecule has 0 unspecified atom stereocenters. The van der Waals surface area contributed by atoms with Crippen LogP contribution in [-0.2, 0) is 20.0 Å². The third-order valence-corrected chi connectivity index (χ3v) is 3.17. The van der Waals surface area contributed by atoms with Crippen LogP contribution in [0.5, 0.6) is 0 Å². The summed E-state index contributed by atoms with van der Waals surface area (Å²) in [7, 11) is 3.90. The fourth-order valence-electron chi connectivity index (χ4n) is 2.02. The minimum atomic E-state index is -0.198. The summed E-state index contributed by atoms with van der Waals surface area (Å²) in [5.74, 6) is 0.804. The molecule has 3 nitrogen and oxygen atoms in total. The summed E-state index contributed by atoms with van der Waals surface area (Å²) in [6.45, 7) is 2.78. The summed E-state index contributed by atoms with van der Waals surface area (Å²) in [4.78, 5) is 4.60. The predicted molar refractivity (Wildman–Crippen MR) is 69.9 cm³/mol. The SMILES string of the molecule is CNCc1nc(Cc2cccc(F)c2)c(C)n1C. The van der Waals surface area contributed by atoms with E-state index in [0.717, 1.165) is 29.3 Å². The van der Waals surface area contributed by atoms with E-state index in [-0.39, 0.29) is 5.82 Å². The van der Waals surface area contributed by atoms with E-state index in [2.05, 4.69) is 14.9 Å². The molecule has 18 heavy (non-hydrogen) atoms. The highest BCUT2D eigenvalue weighted by Crippen LogP contribution is 2.15. The number of imidazole rings is 1. The molecule has 96 valence electrons. The first kappa shape index (κ1) is 12.8. The number of nitrogens with zero attached hydrogens (tertiary/aromatic N) is 2. The lowest BCUT2D eigenvalue weighted by Gasteiger charge is -2.02. The second kappa shape index (κ2) is 5.31. The molecular weight excluding hydrogens is 229 g/mol. The van der Waals surface area contributed by atoms with Gasteiger partial charge in [0.05, 0.1) is 12.2 Å². The molecule has 0 fully saturated rings. The highest BCUT2D eigenvalue weighted by atomic mass is 19.1. The molecule has 2 aromatic rings. The summed E-state index contributed by atoms with van der Waals surface area (Å²) >= 11 is 0. The van der Waals surface area contributed by atoms with Crippen molar-refractivity contribution in [1.82, 2.24) is 14.9 Å². The topological polar surface area (TPSA) is 29.9 Å². The van der Waals surface area contributed by atoms with Crippen LogP contribution < -0.4 is 5.32 Å². The summed E-state index contributed by atoms with van der Waals surface area (Å²) < 4.78 is 15.2. The van der Waals surface area contributed by atoms with E-state index in [9.17, 15) is 4.39 Å². The van der Waals surface area contributed by atoms with Gasteiger partial charge in [-0.25, -0.2) is 9.37 Å². The van der Waals surface area contributed by atoms with Crippen LogP contribution in [-0.4, -0.2) is 16.6 Å². The first-order valence-electron chi connectivity index (χ1n) is 6.02. The second-order valence-corrected chi connectivity index (χ2v) is 4.46. The molecule has 0 bridgehead atoms. The van der Waals surface area contributed by atoms with Gasteiger partial charge in [-0.1, -0.05) is 12.1 Å². The van der Waals surface area contributed by atoms with Crippen molar-refractivity contribution in [2.24, 2.45) is 7.05 Å². The van der Waals surface area contributed by atoms with Crippen LogP contribution in [0.4, 0.5) is 4.39 Å². The van der Waals surface area contributed by atoms with Crippen molar-refractivity contribution in [3.63, 3.8) is 0 Å². The molecule has 0 aliphatic rings. The number of nitrogens with one attached hydrogen (secondary N) is 1. The molecule has 0 radical (unpaired) electrons. The van der Waals surface area contributed by atoms with Crippen LogP contribution in [0.1, 0.15) is 22.8 Å². The van der Waals surface area contributed by atoms with Crippen molar-refractivity contribution in [2.45, 2.75) is 19.9 Å². The molecule has 1 aromatic carbocycles. The molecule has 0 atom stereocenters. The number of halogens is 1. The average Bonchev–Trinajstić information content (AvgIpc) is 2.59. The van der Waals surface area contributed by atoms with Gasteiger partial charge < -0.3 is 9.88 Å². The molecule has 1 N–H and O–H groups in total. The van der Waals surface area contributed by atoms with E-state index in [1.807, 2.05) is 27.1 Å². The van der Waals surface area contributed by atoms with Gasteiger partial charge in [-0.3, -0.25) is 0 Å². The van der Waals surface area contributed by atoms with E-state index >= 15 is 0 Å². The van der Waals surface area contributed by atoms with Gasteiger partial charge in [-0.15, -0.1) is 0 Å². The van der Waals surface area contributed by atoms with Crippen molar-refractivity contribution in [3.8, 4) is 0 Å². The smallest absolute Gasteiger partial charge is 0.123 e. The zero-order valence-corrected chi connectivity index (χ0v) is 11.0. The lowest BCUT2D eigenvalue weighted by molar-refractivity contribution is 0.626. The van der Waals surface area contributed by atoms with E-state index < -0.39 is 0 Å². The molecule has 0 saturated heterocycles. The van der Waals surface area contributed by atoms with E-state index in [1.54, 1.807) is 12.1 Å². The van der Waals surface area contributed by atoms with Gasteiger partial charge in [0.15, 0.2) is 0 Å². The minimum absolute atomic E-state index is 0.198. The van der Waals surface area contributed by atoms with Crippen LogP contribution in [0, 0.1) is 12.7 Å². The van der Waals surface area contributed by atoms with Gasteiger partial charge >= 0.3 is 0 Å². The van der Waals surface area contributed by atoms with Crippen molar-refractivity contribution in [1.29, 1.82) is 0 Å². The average molecular weight is 247 g/mol. The summed E-state index contributed by atoms with van der Waals surface area (Å²) in [6, 6.07) is 6.68. The van der Waals surface area contributed by atoms with E-state index in [4.69, 9.17) is 0 Å². The number of hydrogen-bond donors (Lipinski definition) is 1. The molecule has 0 aliphatic carbocycles. The molecule has 0 saturated carbocycles. The maximum atomic E-state index is 13.1. The lowest BCUT2D eigenvalue weighted by Crippen LogP contribution is -2.10. The fraction of sp³-hybridized carbons (Fsp3) is 0.357. The Labute approximate surface area is 107 Å². The second-order valence-electron chi connectivity index (χ2n) is 4.46. The number of aromatic nitrogens is 2. The minimum Gasteiger partial charge on any atom is -0.334 e. The van der Waals surface area contributed by atoms with E-state index in [1.165, 1.54) is 6.07 Å². The Kier molecular flexibility index (Phi) is 3.77. The Bertz CT molecular complexity index is 546. The number of benzene rings is 1. The highest BCUT2D eigenvalue weighted by Gasteiger charge is 2.11. The summed E-state index contributed by atoms with van der Waals surface area (Å²) in [5, 5.41) is 3.10. The van der Waals surface area contributed by atoms with E-state index in [0.29, 0.717) is 6.42 Å². The molecule has 1 aromatic heterocycles. The van der Waals surface area contributed by atoms with Crippen LogP contribution in [0.2, 0.25) is 0 Å². The molecule has 2 rings (SSSR count). The maximum Gasteiger partial charge on any atom is 0.123 e. The predicted octanol–water partition coefficient (Wildman–Crippen LogP) is 2.18. The quantitative estimate of drug-likeness (QED) is 0.897. The Hall–Kier alpha value is -1.68. The molecule has 1 heterocycles. The van der Waals surface area contributed by atoms with Gasteiger partial charge in [-0.05, 0) is 31.7 Å². The Morgan fingerprint density at radius 2 is 2.17 bits per heavy atom. The van der Waals surface area contributed by atoms with Crippen molar-refractivity contribution in [2.75, 3.05) is 7.05 Å². The molecular formula is C14H18FN3. The highest BCUT2D eigenvalue weighted by molar-refractivity contribution is 5.26. The molecule has 0 spiro atoms. The standard InChI is InChI=1S/C14H18FN3/c1-10-13(17-14(9-16-2)18(10)3)8-11-5-4-6-12(15)7-11/h4-7,16H,8-9H2,1-3H3. The Balaban J connectivity index is 2.26. The van der Waals surface area contributed by atoms with Gasteiger partial charge in [-0.2, -0.15) is 0 Å². The summed E-state index contributed by atoms with van der Waals surface area (Å²) in [6.07, 6.45) is 0.668. The van der Waals surface area contributed by atoms with Crippen molar-refractivity contribution >= 4 is 0 Å². The third-order valence-electron chi connectivity index (χ3n) is 3.17. The first-order chi connectivity index (χ1) is 8.61. The zero-order chi connectivity index (χ0) is 13.1. The number of rotatable bonds is 4. The first-order valence-corrected chi connectivity index (χ1v) is 6.02. The van der Waals surface area contributed by atoms with Crippen LogP contribution in [0.25, 0.3) is 0 Å². The van der Waals surface area contributed by atoms with Gasteiger partial charge in [0, 0.05) is 19.2 Å². The van der Waals surface area contributed by atoms with Gasteiger partial charge in [0.1, 0.15) is 11.6 Å². The molecule has 0 amide bonds. The fourth-order valence-corrected chi connectivity index (χ4v) is 2.02. The number of hydrogen-bond acceptors (Lipinski definition) is 2. The maximum absolute atomic E-state index is 13.1. The van der Waals surface area contributed by atoms with Crippen molar-refractivity contribution < 1.29 is 4.39 Å². The Morgan fingerprint density at radius 3 is 2.83 bits per heavy atom. The zero-order valence-electron chi connectivity index (χ0n) is 11.0. The van der Waals surface area contributed by atoms with Crippen molar-refractivity contribution in [3.05, 3.63) is 52.9 Å². The Morgan fingerprint density at radius 1 is 1.39 bits per heavy atom. The largest absolute Gasteiger partial charge is 0.334 e. The summed E-state index contributed by atoms with van der Waals surface area (Å²) in [5.41, 5.74) is 3.09. The molecule has 0 aliphatic heterocycles. The van der Waals surface area contributed by atoms with Crippen LogP contribution in [0.15, 0.2) is 24.3 Å².